The van der Waals surface area contributed by atoms with Crippen molar-refractivity contribution in [3.63, 3.8) is 0 Å². The Hall–Kier alpha value is -1.94. The van der Waals surface area contributed by atoms with Crippen LogP contribution in [0.4, 0.5) is 5.82 Å². The summed E-state index contributed by atoms with van der Waals surface area (Å²) in [5, 5.41) is 15.2. The number of nitrogens with one attached hydrogen (secondary N) is 2. The van der Waals surface area contributed by atoms with E-state index in [-0.39, 0.29) is 0 Å². The number of hydrogen-bond acceptors (Lipinski definition) is 4. The van der Waals surface area contributed by atoms with E-state index >= 15 is 0 Å². The predicted octanol–water partition coefficient (Wildman–Crippen LogP) is 2.45. The van der Waals surface area contributed by atoms with E-state index in [4.69, 9.17) is 0 Å². The van der Waals surface area contributed by atoms with E-state index in [0.29, 0.717) is 6.04 Å². The van der Waals surface area contributed by atoms with Crippen molar-refractivity contribution < 1.29 is 0 Å². The quantitative estimate of drug-likeness (QED) is 0.898. The maximum Gasteiger partial charge on any atom is 0.148 e. The van der Waals surface area contributed by atoms with Crippen LogP contribution in [-0.2, 0) is 0 Å². The number of rotatable bonds is 3. The molecular formula is C16H20N4. The van der Waals surface area contributed by atoms with Crippen LogP contribution in [-0.4, -0.2) is 29.3 Å². The number of aromatic nitrogens is 2. The standard InChI is InChI=1S/C16H20N4/c1-10-4-5-14(12(3)11(10)2)15-6-7-16(20-19-15)18-13-8-17-9-13/h4-7,13,17H,8-9H2,1-3H3,(H,18,20). The summed E-state index contributed by atoms with van der Waals surface area (Å²) >= 11 is 0. The van der Waals surface area contributed by atoms with Gasteiger partial charge in [-0.2, -0.15) is 0 Å². The topological polar surface area (TPSA) is 49.8 Å². The van der Waals surface area contributed by atoms with Gasteiger partial charge in [0.1, 0.15) is 5.82 Å². The van der Waals surface area contributed by atoms with E-state index in [0.717, 1.165) is 30.2 Å². The van der Waals surface area contributed by atoms with Crippen LogP contribution in [0, 0.1) is 20.8 Å². The molecule has 0 bridgehead atoms. The second-order valence-corrected chi connectivity index (χ2v) is 5.48. The lowest BCUT2D eigenvalue weighted by Crippen LogP contribution is -2.51. The zero-order chi connectivity index (χ0) is 14.1. The Balaban J connectivity index is 1.85. The van der Waals surface area contributed by atoms with E-state index < -0.39 is 0 Å². The van der Waals surface area contributed by atoms with Gasteiger partial charge >= 0.3 is 0 Å². The van der Waals surface area contributed by atoms with Crippen LogP contribution in [0.3, 0.4) is 0 Å². The Morgan fingerprint density at radius 2 is 1.80 bits per heavy atom. The van der Waals surface area contributed by atoms with Crippen molar-refractivity contribution in [2.45, 2.75) is 26.8 Å². The number of aryl methyl sites for hydroxylation is 1. The highest BCUT2D eigenvalue weighted by atomic mass is 15.2. The first-order valence-electron chi connectivity index (χ1n) is 7.03. The maximum absolute atomic E-state index is 4.36. The molecule has 0 spiro atoms. The molecule has 0 radical (unpaired) electrons. The molecule has 20 heavy (non-hydrogen) atoms. The molecule has 2 aromatic rings. The number of benzene rings is 1. The molecule has 3 rings (SSSR count). The maximum atomic E-state index is 4.36. The second kappa shape index (κ2) is 5.21. The van der Waals surface area contributed by atoms with Gasteiger partial charge in [-0.05, 0) is 49.6 Å². The summed E-state index contributed by atoms with van der Waals surface area (Å²) < 4.78 is 0. The molecule has 1 saturated heterocycles. The lowest BCUT2D eigenvalue weighted by Gasteiger charge is -2.28. The van der Waals surface area contributed by atoms with Crippen LogP contribution in [0.5, 0.6) is 0 Å². The molecule has 104 valence electrons. The summed E-state index contributed by atoms with van der Waals surface area (Å²) in [5.74, 6) is 0.849. The van der Waals surface area contributed by atoms with Crippen molar-refractivity contribution in [2.75, 3.05) is 18.4 Å². The van der Waals surface area contributed by atoms with Crippen molar-refractivity contribution in [1.82, 2.24) is 15.5 Å². The van der Waals surface area contributed by atoms with Crippen molar-refractivity contribution >= 4 is 5.82 Å². The minimum Gasteiger partial charge on any atom is -0.363 e. The van der Waals surface area contributed by atoms with Gasteiger partial charge in [0.2, 0.25) is 0 Å². The summed E-state index contributed by atoms with van der Waals surface area (Å²) in [5.41, 5.74) is 6.02. The average molecular weight is 268 g/mol. The molecule has 0 unspecified atom stereocenters. The summed E-state index contributed by atoms with van der Waals surface area (Å²) in [4.78, 5) is 0. The monoisotopic (exact) mass is 268 g/mol. The van der Waals surface area contributed by atoms with Gasteiger partial charge in [0, 0.05) is 18.7 Å². The molecule has 2 heterocycles. The summed E-state index contributed by atoms with van der Waals surface area (Å²) in [6, 6.07) is 8.81. The molecule has 0 atom stereocenters. The van der Waals surface area contributed by atoms with Crippen LogP contribution in [0.15, 0.2) is 24.3 Å². The number of hydrogen-bond donors (Lipinski definition) is 2. The third-order valence-electron chi connectivity index (χ3n) is 4.13. The molecule has 0 saturated carbocycles. The van der Waals surface area contributed by atoms with E-state index in [1.807, 2.05) is 12.1 Å². The fourth-order valence-corrected chi connectivity index (χ4v) is 2.39. The number of nitrogens with zero attached hydrogens (tertiary/aromatic N) is 2. The molecule has 1 aliphatic heterocycles. The van der Waals surface area contributed by atoms with E-state index in [2.05, 4.69) is 53.7 Å². The lowest BCUT2D eigenvalue weighted by molar-refractivity contribution is 0.470. The first kappa shape index (κ1) is 13.1. The molecule has 1 fully saturated rings. The van der Waals surface area contributed by atoms with Crippen LogP contribution in [0.2, 0.25) is 0 Å². The van der Waals surface area contributed by atoms with Crippen molar-refractivity contribution in [1.29, 1.82) is 0 Å². The molecule has 0 aliphatic carbocycles. The average Bonchev–Trinajstić information content (AvgIpc) is 2.41. The smallest absolute Gasteiger partial charge is 0.148 e. The second-order valence-electron chi connectivity index (χ2n) is 5.48. The van der Waals surface area contributed by atoms with E-state index in [1.165, 1.54) is 16.7 Å². The first-order valence-corrected chi connectivity index (χ1v) is 7.03. The molecule has 2 N–H and O–H groups in total. The normalized spacial score (nSPS) is 14.9. The van der Waals surface area contributed by atoms with Crippen LogP contribution < -0.4 is 10.6 Å². The SMILES string of the molecule is Cc1ccc(-c2ccc(NC3CNC3)nn2)c(C)c1C. The summed E-state index contributed by atoms with van der Waals surface area (Å²) in [6.45, 7) is 8.43. The Labute approximate surface area is 119 Å². The molecule has 1 aliphatic rings. The molecular weight excluding hydrogens is 248 g/mol. The van der Waals surface area contributed by atoms with Gasteiger partial charge in [-0.1, -0.05) is 12.1 Å². The van der Waals surface area contributed by atoms with Crippen LogP contribution >= 0.6 is 0 Å². The van der Waals surface area contributed by atoms with E-state index in [9.17, 15) is 0 Å². The van der Waals surface area contributed by atoms with Crippen LogP contribution in [0.1, 0.15) is 16.7 Å². The van der Waals surface area contributed by atoms with Crippen molar-refractivity contribution in [3.8, 4) is 11.3 Å². The molecule has 1 aromatic heterocycles. The van der Waals surface area contributed by atoms with Gasteiger partial charge in [-0.15, -0.1) is 10.2 Å². The van der Waals surface area contributed by atoms with Gasteiger partial charge in [0.15, 0.2) is 0 Å². The lowest BCUT2D eigenvalue weighted by atomic mass is 9.97. The molecule has 4 nitrogen and oxygen atoms in total. The fraction of sp³-hybridized carbons (Fsp3) is 0.375. The van der Waals surface area contributed by atoms with Gasteiger partial charge in [0.05, 0.1) is 11.7 Å². The largest absolute Gasteiger partial charge is 0.363 e. The van der Waals surface area contributed by atoms with Gasteiger partial charge in [-0.3, -0.25) is 0 Å². The van der Waals surface area contributed by atoms with Gasteiger partial charge < -0.3 is 10.6 Å². The minimum absolute atomic E-state index is 0.485. The highest BCUT2D eigenvalue weighted by Gasteiger charge is 2.16. The highest BCUT2D eigenvalue weighted by molar-refractivity contribution is 5.66. The molecule has 1 aromatic carbocycles. The summed E-state index contributed by atoms with van der Waals surface area (Å²) in [6.07, 6.45) is 0. The Morgan fingerprint density at radius 1 is 1.00 bits per heavy atom. The zero-order valence-corrected chi connectivity index (χ0v) is 12.2. The highest BCUT2D eigenvalue weighted by Crippen LogP contribution is 2.26. The third kappa shape index (κ3) is 2.39. The van der Waals surface area contributed by atoms with Gasteiger partial charge in [0.25, 0.3) is 0 Å². The van der Waals surface area contributed by atoms with Crippen molar-refractivity contribution in [3.05, 3.63) is 41.0 Å². The molecule has 4 heteroatoms. The minimum atomic E-state index is 0.485. The first-order chi connectivity index (χ1) is 9.65. The van der Waals surface area contributed by atoms with Gasteiger partial charge in [-0.25, -0.2) is 0 Å². The molecule has 0 amide bonds. The Morgan fingerprint density at radius 3 is 2.40 bits per heavy atom. The fourth-order valence-electron chi connectivity index (χ4n) is 2.39. The third-order valence-corrected chi connectivity index (χ3v) is 4.13. The van der Waals surface area contributed by atoms with Crippen molar-refractivity contribution in [2.24, 2.45) is 0 Å². The Bertz CT molecular complexity index is 615. The zero-order valence-electron chi connectivity index (χ0n) is 12.2. The Kier molecular flexibility index (Phi) is 3.40. The van der Waals surface area contributed by atoms with Crippen LogP contribution in [0.25, 0.3) is 11.3 Å². The summed E-state index contributed by atoms with van der Waals surface area (Å²) in [7, 11) is 0. The predicted molar refractivity (Wildman–Crippen MR) is 82.0 cm³/mol. The number of anilines is 1. The van der Waals surface area contributed by atoms with E-state index in [1.54, 1.807) is 0 Å².